The zero-order valence-electron chi connectivity index (χ0n) is 16.5. The molecule has 0 spiro atoms. The highest BCUT2D eigenvalue weighted by atomic mass is 35.5. The van der Waals surface area contributed by atoms with E-state index in [1.165, 1.54) is 36.1 Å². The molecule has 2 heterocycles. The molecule has 1 saturated heterocycles. The molecule has 2 aromatic rings. The zero-order valence-corrected chi connectivity index (χ0v) is 17.2. The van der Waals surface area contributed by atoms with E-state index in [1.54, 1.807) is 12.1 Å². The monoisotopic (exact) mass is 397 g/mol. The number of hydrogen-bond donors (Lipinski definition) is 1. The number of likely N-dealkylation sites (tertiary alicyclic amines) is 1. The minimum atomic E-state index is -0.103. The first kappa shape index (κ1) is 19.3. The molecule has 0 aromatic heterocycles. The fourth-order valence-electron chi connectivity index (χ4n) is 4.41. The van der Waals surface area contributed by atoms with Crippen molar-refractivity contribution >= 4 is 23.2 Å². The third-order valence-corrected chi connectivity index (χ3v) is 6.35. The van der Waals surface area contributed by atoms with Crippen LogP contribution in [-0.4, -0.2) is 44.0 Å². The number of piperidine rings is 1. The molecule has 0 saturated carbocycles. The van der Waals surface area contributed by atoms with Gasteiger partial charge in [0, 0.05) is 25.8 Å². The molecular weight excluding hydrogens is 370 g/mol. The van der Waals surface area contributed by atoms with Crippen LogP contribution >= 0.6 is 11.6 Å². The summed E-state index contributed by atoms with van der Waals surface area (Å²) in [6.07, 6.45) is 4.84. The van der Waals surface area contributed by atoms with E-state index in [1.807, 2.05) is 12.1 Å². The summed E-state index contributed by atoms with van der Waals surface area (Å²) in [5.74, 6) is -0.103. The lowest BCUT2D eigenvalue weighted by atomic mass is 9.98. The van der Waals surface area contributed by atoms with Crippen LogP contribution in [0, 0.1) is 0 Å². The molecule has 1 fully saturated rings. The Balaban J connectivity index is 1.54. The molecule has 1 amide bonds. The van der Waals surface area contributed by atoms with Crippen LogP contribution in [0.5, 0.6) is 0 Å². The minimum absolute atomic E-state index is 0.103. The second kappa shape index (κ2) is 8.54. The Morgan fingerprint density at radius 1 is 1.11 bits per heavy atom. The van der Waals surface area contributed by atoms with Crippen molar-refractivity contribution in [2.24, 2.45) is 0 Å². The first-order valence-corrected chi connectivity index (χ1v) is 10.6. The predicted octanol–water partition coefficient (Wildman–Crippen LogP) is 4.29. The van der Waals surface area contributed by atoms with Gasteiger partial charge in [0.1, 0.15) is 0 Å². The first-order chi connectivity index (χ1) is 13.6. The molecule has 148 valence electrons. The van der Waals surface area contributed by atoms with E-state index in [2.05, 4.69) is 40.4 Å². The molecule has 0 bridgehead atoms. The van der Waals surface area contributed by atoms with Crippen LogP contribution in [0.1, 0.15) is 46.8 Å². The van der Waals surface area contributed by atoms with Gasteiger partial charge in [-0.25, -0.2) is 0 Å². The molecule has 0 aliphatic carbocycles. The van der Waals surface area contributed by atoms with E-state index in [-0.39, 0.29) is 11.9 Å². The quantitative estimate of drug-likeness (QED) is 0.817. The molecule has 0 radical (unpaired) electrons. The Kier molecular flexibility index (Phi) is 5.88. The maximum absolute atomic E-state index is 12.7. The molecule has 2 aliphatic rings. The van der Waals surface area contributed by atoms with Crippen LogP contribution in [0.3, 0.4) is 0 Å². The molecule has 2 aromatic carbocycles. The van der Waals surface area contributed by atoms with Gasteiger partial charge in [0.05, 0.1) is 16.6 Å². The van der Waals surface area contributed by atoms with Gasteiger partial charge in [0.25, 0.3) is 5.91 Å². The molecule has 5 heteroatoms. The highest BCUT2D eigenvalue weighted by molar-refractivity contribution is 6.33. The third-order valence-electron chi connectivity index (χ3n) is 6.02. The van der Waals surface area contributed by atoms with E-state index in [4.69, 9.17) is 11.6 Å². The van der Waals surface area contributed by atoms with Crippen molar-refractivity contribution in [1.82, 2.24) is 10.2 Å². The van der Waals surface area contributed by atoms with E-state index >= 15 is 0 Å². The largest absolute Gasteiger partial charge is 0.374 e. The summed E-state index contributed by atoms with van der Waals surface area (Å²) >= 11 is 6.20. The average molecular weight is 398 g/mol. The number of fused-ring (bicyclic) bond motifs is 1. The number of benzene rings is 2. The fraction of sp³-hybridized carbons (Fsp3) is 0.435. The van der Waals surface area contributed by atoms with Gasteiger partial charge in [-0.2, -0.15) is 0 Å². The number of nitrogens with one attached hydrogen (secondary N) is 1. The molecule has 1 atom stereocenters. The Labute approximate surface area is 172 Å². The number of carbonyl (C=O) groups is 1. The summed E-state index contributed by atoms with van der Waals surface area (Å²) in [6, 6.07) is 14.3. The number of rotatable bonds is 5. The van der Waals surface area contributed by atoms with Crippen LogP contribution < -0.4 is 10.2 Å². The predicted molar refractivity (Wildman–Crippen MR) is 115 cm³/mol. The van der Waals surface area contributed by atoms with Gasteiger partial charge in [0.15, 0.2) is 0 Å². The van der Waals surface area contributed by atoms with Crippen LogP contribution in [0.15, 0.2) is 42.5 Å². The number of amides is 1. The lowest BCUT2D eigenvalue weighted by Gasteiger charge is -2.35. The van der Waals surface area contributed by atoms with Crippen LogP contribution in [0.25, 0.3) is 0 Å². The second-order valence-electron chi connectivity index (χ2n) is 7.86. The van der Waals surface area contributed by atoms with Crippen LogP contribution in [-0.2, 0) is 6.42 Å². The Morgan fingerprint density at radius 2 is 1.89 bits per heavy atom. The van der Waals surface area contributed by atoms with Gasteiger partial charge in [-0.3, -0.25) is 9.69 Å². The maximum atomic E-state index is 12.7. The summed E-state index contributed by atoms with van der Waals surface area (Å²) in [5, 5.41) is 3.63. The second-order valence-corrected chi connectivity index (χ2v) is 8.27. The van der Waals surface area contributed by atoms with Crippen molar-refractivity contribution in [3.8, 4) is 0 Å². The minimum Gasteiger partial charge on any atom is -0.374 e. The molecule has 4 nitrogen and oxygen atoms in total. The number of anilines is 1. The normalized spacial score (nSPS) is 18.0. The molecule has 0 unspecified atom stereocenters. The molecular formula is C23H28ClN3O. The van der Waals surface area contributed by atoms with Crippen molar-refractivity contribution in [1.29, 1.82) is 0 Å². The van der Waals surface area contributed by atoms with Crippen molar-refractivity contribution in [3.63, 3.8) is 0 Å². The smallest absolute Gasteiger partial charge is 0.252 e. The van der Waals surface area contributed by atoms with E-state index in [0.717, 1.165) is 26.1 Å². The fourth-order valence-corrected chi connectivity index (χ4v) is 4.63. The summed E-state index contributed by atoms with van der Waals surface area (Å²) in [5.41, 5.74) is 4.59. The Hall–Kier alpha value is -2.04. The SMILES string of the molecule is CN1CCc2cc([C@@H](CNC(=O)c3ccccc3Cl)N3CCCCC3)ccc21. The van der Waals surface area contributed by atoms with Gasteiger partial charge in [-0.05, 0) is 61.7 Å². The summed E-state index contributed by atoms with van der Waals surface area (Å²) in [7, 11) is 2.15. The molecule has 4 rings (SSSR count). The number of hydrogen-bond acceptors (Lipinski definition) is 3. The number of carbonyl (C=O) groups excluding carboxylic acids is 1. The average Bonchev–Trinajstić information content (AvgIpc) is 3.09. The van der Waals surface area contributed by atoms with Crippen LogP contribution in [0.2, 0.25) is 5.02 Å². The Morgan fingerprint density at radius 3 is 2.68 bits per heavy atom. The molecule has 28 heavy (non-hydrogen) atoms. The maximum Gasteiger partial charge on any atom is 0.252 e. The summed E-state index contributed by atoms with van der Waals surface area (Å²) < 4.78 is 0. The van der Waals surface area contributed by atoms with Crippen molar-refractivity contribution < 1.29 is 4.79 Å². The lowest BCUT2D eigenvalue weighted by Crippen LogP contribution is -2.40. The van der Waals surface area contributed by atoms with E-state index < -0.39 is 0 Å². The highest BCUT2D eigenvalue weighted by Gasteiger charge is 2.25. The van der Waals surface area contributed by atoms with Gasteiger partial charge in [0.2, 0.25) is 0 Å². The van der Waals surface area contributed by atoms with E-state index in [9.17, 15) is 4.79 Å². The van der Waals surface area contributed by atoms with Crippen molar-refractivity contribution in [3.05, 3.63) is 64.2 Å². The Bertz CT molecular complexity index is 847. The van der Waals surface area contributed by atoms with Gasteiger partial charge in [-0.15, -0.1) is 0 Å². The van der Waals surface area contributed by atoms with Gasteiger partial charge >= 0.3 is 0 Å². The number of halogens is 1. The summed E-state index contributed by atoms with van der Waals surface area (Å²) in [6.45, 7) is 3.85. The lowest BCUT2D eigenvalue weighted by molar-refractivity contribution is 0.0924. The van der Waals surface area contributed by atoms with Gasteiger partial charge < -0.3 is 10.2 Å². The number of likely N-dealkylation sites (N-methyl/N-ethyl adjacent to an activating group) is 1. The standard InChI is InChI=1S/C23H28ClN3O/c1-26-14-11-18-15-17(9-10-21(18)26)22(27-12-5-2-6-13-27)16-25-23(28)19-7-3-4-8-20(19)24/h3-4,7-10,15,22H,2,5-6,11-14,16H2,1H3,(H,25,28)/t22-/m1/s1. The molecule has 1 N–H and O–H groups in total. The van der Waals surface area contributed by atoms with Crippen molar-refractivity contribution in [2.45, 2.75) is 31.7 Å². The van der Waals surface area contributed by atoms with Crippen LogP contribution in [0.4, 0.5) is 5.69 Å². The van der Waals surface area contributed by atoms with Crippen molar-refractivity contribution in [2.75, 3.05) is 38.1 Å². The topological polar surface area (TPSA) is 35.6 Å². The summed E-state index contributed by atoms with van der Waals surface area (Å²) in [4.78, 5) is 17.5. The van der Waals surface area contributed by atoms with E-state index in [0.29, 0.717) is 17.1 Å². The first-order valence-electron chi connectivity index (χ1n) is 10.2. The zero-order chi connectivity index (χ0) is 19.5. The highest BCUT2D eigenvalue weighted by Crippen LogP contribution is 2.32. The molecule has 2 aliphatic heterocycles. The number of nitrogens with zero attached hydrogens (tertiary/aromatic N) is 2. The third kappa shape index (κ3) is 4.03. The van der Waals surface area contributed by atoms with Gasteiger partial charge in [-0.1, -0.05) is 42.3 Å².